The lowest BCUT2D eigenvalue weighted by Gasteiger charge is -2.26. The molecule has 1 atom stereocenters. The molecule has 3 nitrogen and oxygen atoms in total. The molecule has 0 amide bonds. The normalized spacial score (nSPS) is 22.1. The van der Waals surface area contributed by atoms with E-state index in [4.69, 9.17) is 5.73 Å². The Hall–Kier alpha value is -0.830. The largest absolute Gasteiger partial charge is 0.332 e. The Labute approximate surface area is 85.3 Å². The fourth-order valence-corrected chi connectivity index (χ4v) is 2.09. The zero-order valence-electron chi connectivity index (χ0n) is 9.25. The first-order valence-corrected chi connectivity index (χ1v) is 5.29. The number of imidazole rings is 1. The van der Waals surface area contributed by atoms with Crippen LogP contribution in [0.4, 0.5) is 0 Å². The predicted octanol–water partition coefficient (Wildman–Crippen LogP) is 1.45. The van der Waals surface area contributed by atoms with Crippen molar-refractivity contribution in [3.8, 4) is 0 Å². The van der Waals surface area contributed by atoms with Gasteiger partial charge in [0, 0.05) is 36.3 Å². The minimum atomic E-state index is 0.139. The zero-order chi connectivity index (χ0) is 10.3. The summed E-state index contributed by atoms with van der Waals surface area (Å²) in [5.41, 5.74) is 7.37. The monoisotopic (exact) mass is 193 g/mol. The van der Waals surface area contributed by atoms with Crippen molar-refractivity contribution in [1.82, 2.24) is 9.55 Å². The van der Waals surface area contributed by atoms with E-state index >= 15 is 0 Å². The Kier molecular flexibility index (Phi) is 2.14. The summed E-state index contributed by atoms with van der Waals surface area (Å²) >= 11 is 0. The minimum absolute atomic E-state index is 0.139. The molecule has 0 saturated carbocycles. The molecule has 1 unspecified atom stereocenters. The van der Waals surface area contributed by atoms with Crippen LogP contribution in [0.1, 0.15) is 38.7 Å². The molecule has 14 heavy (non-hydrogen) atoms. The predicted molar refractivity (Wildman–Crippen MR) is 57.2 cm³/mol. The summed E-state index contributed by atoms with van der Waals surface area (Å²) in [6.45, 7) is 7.65. The van der Waals surface area contributed by atoms with E-state index in [0.717, 1.165) is 19.4 Å². The molecule has 0 fully saturated rings. The summed E-state index contributed by atoms with van der Waals surface area (Å²) in [6.07, 6.45) is 4.04. The van der Waals surface area contributed by atoms with Crippen LogP contribution in [-0.2, 0) is 18.4 Å². The van der Waals surface area contributed by atoms with Gasteiger partial charge in [0.2, 0.25) is 0 Å². The second kappa shape index (κ2) is 3.09. The zero-order valence-corrected chi connectivity index (χ0v) is 9.25. The van der Waals surface area contributed by atoms with Crippen LogP contribution in [0.2, 0.25) is 0 Å². The SMILES string of the molecule is CC(C)(C)c1ncc2n1CCC(N)C2. The van der Waals surface area contributed by atoms with Gasteiger partial charge in [-0.2, -0.15) is 0 Å². The van der Waals surface area contributed by atoms with Crippen molar-refractivity contribution in [2.24, 2.45) is 5.73 Å². The van der Waals surface area contributed by atoms with Gasteiger partial charge in [-0.3, -0.25) is 0 Å². The standard InChI is InChI=1S/C11H19N3/c1-11(2,3)10-13-7-9-6-8(12)4-5-14(9)10/h7-8H,4-6,12H2,1-3H3. The quantitative estimate of drug-likeness (QED) is 0.678. The molecule has 0 aliphatic carbocycles. The summed E-state index contributed by atoms with van der Waals surface area (Å²) < 4.78 is 2.34. The molecule has 0 saturated heterocycles. The van der Waals surface area contributed by atoms with Crippen molar-refractivity contribution >= 4 is 0 Å². The molecular formula is C11H19N3. The second-order valence-corrected chi connectivity index (χ2v) is 5.23. The molecule has 2 heterocycles. The molecule has 3 heteroatoms. The van der Waals surface area contributed by atoms with Gasteiger partial charge in [0.1, 0.15) is 5.82 Å². The maximum absolute atomic E-state index is 5.93. The molecule has 1 aromatic heterocycles. The molecule has 1 aliphatic heterocycles. The van der Waals surface area contributed by atoms with E-state index in [2.05, 4.69) is 30.3 Å². The third kappa shape index (κ3) is 1.57. The van der Waals surface area contributed by atoms with Crippen molar-refractivity contribution in [2.75, 3.05) is 0 Å². The lowest BCUT2D eigenvalue weighted by Crippen LogP contribution is -2.32. The minimum Gasteiger partial charge on any atom is -0.332 e. The molecule has 2 N–H and O–H groups in total. The van der Waals surface area contributed by atoms with Crippen LogP contribution in [0.25, 0.3) is 0 Å². The average Bonchev–Trinajstić information content (AvgIpc) is 2.45. The molecule has 78 valence electrons. The summed E-state index contributed by atoms with van der Waals surface area (Å²) in [4.78, 5) is 4.51. The first kappa shape index (κ1) is 9.71. The first-order chi connectivity index (χ1) is 6.48. The number of nitrogens with zero attached hydrogens (tertiary/aromatic N) is 2. The van der Waals surface area contributed by atoms with Crippen LogP contribution in [-0.4, -0.2) is 15.6 Å². The third-order valence-electron chi connectivity index (χ3n) is 2.80. The van der Waals surface area contributed by atoms with Crippen molar-refractivity contribution in [1.29, 1.82) is 0 Å². The Morgan fingerprint density at radius 2 is 2.21 bits per heavy atom. The number of rotatable bonds is 0. The summed E-state index contributed by atoms with van der Waals surface area (Å²) in [6, 6.07) is 0.326. The van der Waals surface area contributed by atoms with Crippen LogP contribution >= 0.6 is 0 Å². The van der Waals surface area contributed by atoms with E-state index in [1.165, 1.54) is 11.5 Å². The van der Waals surface area contributed by atoms with Crippen LogP contribution < -0.4 is 5.73 Å². The van der Waals surface area contributed by atoms with Crippen molar-refractivity contribution in [3.05, 3.63) is 17.7 Å². The lowest BCUT2D eigenvalue weighted by atomic mass is 9.95. The third-order valence-corrected chi connectivity index (χ3v) is 2.80. The number of fused-ring (bicyclic) bond motifs is 1. The maximum atomic E-state index is 5.93. The van der Waals surface area contributed by atoms with Gasteiger partial charge in [-0.15, -0.1) is 0 Å². The lowest BCUT2D eigenvalue weighted by molar-refractivity contribution is 0.425. The van der Waals surface area contributed by atoms with E-state index < -0.39 is 0 Å². The van der Waals surface area contributed by atoms with E-state index in [-0.39, 0.29) is 5.41 Å². The highest BCUT2D eigenvalue weighted by molar-refractivity contribution is 5.15. The van der Waals surface area contributed by atoms with E-state index in [1.54, 1.807) is 0 Å². The van der Waals surface area contributed by atoms with E-state index in [0.29, 0.717) is 6.04 Å². The smallest absolute Gasteiger partial charge is 0.114 e. The first-order valence-electron chi connectivity index (χ1n) is 5.29. The van der Waals surface area contributed by atoms with Gasteiger partial charge in [0.15, 0.2) is 0 Å². The Morgan fingerprint density at radius 3 is 2.86 bits per heavy atom. The fourth-order valence-electron chi connectivity index (χ4n) is 2.09. The number of aromatic nitrogens is 2. The second-order valence-electron chi connectivity index (χ2n) is 5.23. The van der Waals surface area contributed by atoms with Gasteiger partial charge in [-0.25, -0.2) is 4.98 Å². The van der Waals surface area contributed by atoms with E-state index in [9.17, 15) is 0 Å². The molecule has 1 aromatic rings. The molecule has 2 rings (SSSR count). The highest BCUT2D eigenvalue weighted by atomic mass is 15.1. The van der Waals surface area contributed by atoms with Crippen molar-refractivity contribution in [2.45, 2.75) is 51.6 Å². The van der Waals surface area contributed by atoms with Gasteiger partial charge in [-0.1, -0.05) is 20.8 Å². The Morgan fingerprint density at radius 1 is 1.50 bits per heavy atom. The van der Waals surface area contributed by atoms with E-state index in [1.807, 2.05) is 6.20 Å². The molecule has 1 aliphatic rings. The molecule has 0 aromatic carbocycles. The van der Waals surface area contributed by atoms with Gasteiger partial charge in [-0.05, 0) is 6.42 Å². The van der Waals surface area contributed by atoms with Gasteiger partial charge >= 0.3 is 0 Å². The molecular weight excluding hydrogens is 174 g/mol. The van der Waals surface area contributed by atoms with Crippen LogP contribution in [0.3, 0.4) is 0 Å². The number of hydrogen-bond donors (Lipinski definition) is 1. The topological polar surface area (TPSA) is 43.8 Å². The maximum Gasteiger partial charge on any atom is 0.114 e. The Balaban J connectivity index is 2.38. The number of nitrogens with two attached hydrogens (primary N) is 1. The summed E-state index contributed by atoms with van der Waals surface area (Å²) in [5, 5.41) is 0. The van der Waals surface area contributed by atoms with Crippen LogP contribution in [0, 0.1) is 0 Å². The highest BCUT2D eigenvalue weighted by Gasteiger charge is 2.25. The van der Waals surface area contributed by atoms with Gasteiger partial charge in [0.25, 0.3) is 0 Å². The van der Waals surface area contributed by atoms with Crippen molar-refractivity contribution < 1.29 is 0 Å². The number of hydrogen-bond acceptors (Lipinski definition) is 2. The fraction of sp³-hybridized carbons (Fsp3) is 0.727. The molecule has 0 spiro atoms. The summed E-state index contributed by atoms with van der Waals surface area (Å²) in [7, 11) is 0. The summed E-state index contributed by atoms with van der Waals surface area (Å²) in [5.74, 6) is 1.19. The van der Waals surface area contributed by atoms with Crippen LogP contribution in [0.15, 0.2) is 6.20 Å². The van der Waals surface area contributed by atoms with Gasteiger partial charge < -0.3 is 10.3 Å². The highest BCUT2D eigenvalue weighted by Crippen LogP contribution is 2.25. The Bertz CT molecular complexity index is 333. The van der Waals surface area contributed by atoms with Gasteiger partial charge in [0.05, 0.1) is 0 Å². The average molecular weight is 193 g/mol. The van der Waals surface area contributed by atoms with Crippen molar-refractivity contribution in [3.63, 3.8) is 0 Å². The molecule has 0 bridgehead atoms. The molecule has 0 radical (unpaired) electrons. The van der Waals surface area contributed by atoms with Crippen LogP contribution in [0.5, 0.6) is 0 Å².